The predicted octanol–water partition coefficient (Wildman–Crippen LogP) is 2.47. The number of fused-ring (bicyclic) bond motifs is 1. The summed E-state index contributed by atoms with van der Waals surface area (Å²) in [5.41, 5.74) is 1.69. The number of halogens is 1. The summed E-state index contributed by atoms with van der Waals surface area (Å²) in [5, 5.41) is 10.3. The minimum atomic E-state index is -0.666. The van der Waals surface area contributed by atoms with Crippen molar-refractivity contribution in [1.29, 1.82) is 0 Å². The van der Waals surface area contributed by atoms with Crippen molar-refractivity contribution in [1.82, 2.24) is 4.98 Å². The monoisotopic (exact) mass is 212 g/mol. The molecule has 5 nitrogen and oxygen atoms in total. The van der Waals surface area contributed by atoms with Crippen LogP contribution in [0.4, 0.5) is 6.01 Å². The molecule has 0 saturated heterocycles. The molecule has 0 amide bonds. The van der Waals surface area contributed by atoms with Gasteiger partial charge in [-0.1, -0.05) is 6.07 Å². The molecule has 2 aromatic rings. The fourth-order valence-electron chi connectivity index (χ4n) is 1.12. The maximum Gasteiger partial charge on any atom is 0.546 e. The summed E-state index contributed by atoms with van der Waals surface area (Å²) >= 11 is 5.60. The van der Waals surface area contributed by atoms with E-state index in [1.807, 2.05) is 0 Å². The van der Waals surface area contributed by atoms with Gasteiger partial charge < -0.3 is 14.5 Å². The molecule has 0 saturated carbocycles. The predicted molar refractivity (Wildman–Crippen MR) is 50.2 cm³/mol. The van der Waals surface area contributed by atoms with Crippen LogP contribution in [-0.4, -0.2) is 9.91 Å². The van der Waals surface area contributed by atoms with E-state index in [1.54, 1.807) is 18.2 Å². The smallest absolute Gasteiger partial charge is 0.381 e. The zero-order valence-corrected chi connectivity index (χ0v) is 7.69. The number of oxazole rings is 1. The highest BCUT2D eigenvalue weighted by Gasteiger charge is 2.17. The van der Waals surface area contributed by atoms with Gasteiger partial charge >= 0.3 is 6.01 Å². The zero-order valence-electron chi connectivity index (χ0n) is 6.94. The summed E-state index contributed by atoms with van der Waals surface area (Å²) in [6, 6.07) is 4.54. The molecule has 0 aliphatic carbocycles. The molecule has 2 rings (SSSR count). The van der Waals surface area contributed by atoms with E-state index in [-0.39, 0.29) is 0 Å². The molecule has 1 heterocycles. The summed E-state index contributed by atoms with van der Waals surface area (Å²) in [6.45, 7) is 0. The normalized spacial score (nSPS) is 10.6. The van der Waals surface area contributed by atoms with Gasteiger partial charge in [0.15, 0.2) is 5.58 Å². The van der Waals surface area contributed by atoms with Crippen molar-refractivity contribution >= 4 is 28.7 Å². The van der Waals surface area contributed by atoms with Crippen molar-refractivity contribution in [3.63, 3.8) is 0 Å². The summed E-state index contributed by atoms with van der Waals surface area (Å²) in [5.74, 6) is 0.338. The quantitative estimate of drug-likeness (QED) is 0.436. The molecule has 1 aromatic heterocycles. The van der Waals surface area contributed by atoms with E-state index in [4.69, 9.17) is 16.0 Å². The van der Waals surface area contributed by atoms with Crippen molar-refractivity contribution < 1.29 is 9.34 Å². The van der Waals surface area contributed by atoms with Gasteiger partial charge in [-0.25, -0.2) is 0 Å². The average molecular weight is 213 g/mol. The van der Waals surface area contributed by atoms with Crippen LogP contribution in [0.15, 0.2) is 22.6 Å². The average Bonchev–Trinajstić information content (AvgIpc) is 2.59. The number of nitro groups is 1. The van der Waals surface area contributed by atoms with Crippen LogP contribution in [0.1, 0.15) is 5.56 Å². The first-order valence-corrected chi connectivity index (χ1v) is 4.34. The topological polar surface area (TPSA) is 69.2 Å². The molecule has 0 aliphatic heterocycles. The SMILES string of the molecule is O=[N+]([O-])c1nc2ccc(CCl)cc2o1. The van der Waals surface area contributed by atoms with Crippen LogP contribution >= 0.6 is 11.6 Å². The number of alkyl halides is 1. The van der Waals surface area contributed by atoms with Crippen LogP contribution in [0.25, 0.3) is 11.1 Å². The highest BCUT2D eigenvalue weighted by atomic mass is 35.5. The molecule has 1 aromatic carbocycles. The Morgan fingerprint density at radius 3 is 3.00 bits per heavy atom. The van der Waals surface area contributed by atoms with Gasteiger partial charge in [-0.15, -0.1) is 11.6 Å². The van der Waals surface area contributed by atoms with Gasteiger partial charge in [0.25, 0.3) is 0 Å². The van der Waals surface area contributed by atoms with Gasteiger partial charge in [0.2, 0.25) is 5.52 Å². The molecule has 0 unspecified atom stereocenters. The summed E-state index contributed by atoms with van der Waals surface area (Å²) < 4.78 is 4.90. The van der Waals surface area contributed by atoms with Crippen molar-refractivity contribution in [3.8, 4) is 0 Å². The number of hydrogen-bond acceptors (Lipinski definition) is 4. The van der Waals surface area contributed by atoms with Gasteiger partial charge in [0.1, 0.15) is 0 Å². The molecule has 0 bridgehead atoms. The molecule has 0 N–H and O–H groups in total. The third kappa shape index (κ3) is 1.42. The van der Waals surface area contributed by atoms with E-state index in [2.05, 4.69) is 4.98 Å². The first-order valence-electron chi connectivity index (χ1n) is 3.80. The molecule has 0 spiro atoms. The van der Waals surface area contributed by atoms with Crippen LogP contribution in [0.5, 0.6) is 0 Å². The number of rotatable bonds is 2. The highest BCUT2D eigenvalue weighted by molar-refractivity contribution is 6.17. The van der Waals surface area contributed by atoms with Crippen LogP contribution in [0.2, 0.25) is 0 Å². The second kappa shape index (κ2) is 3.26. The second-order valence-corrected chi connectivity index (χ2v) is 2.96. The van der Waals surface area contributed by atoms with Crippen molar-refractivity contribution in [2.45, 2.75) is 5.88 Å². The maximum atomic E-state index is 10.3. The van der Waals surface area contributed by atoms with E-state index in [0.717, 1.165) is 5.56 Å². The Bertz CT molecular complexity index is 494. The van der Waals surface area contributed by atoms with Crippen molar-refractivity contribution in [2.75, 3.05) is 0 Å². The minimum Gasteiger partial charge on any atom is -0.381 e. The Balaban J connectivity index is 2.60. The molecule has 6 heteroatoms. The molecule has 0 atom stereocenters. The van der Waals surface area contributed by atoms with Gasteiger partial charge in [-0.05, 0) is 17.7 Å². The standard InChI is InChI=1S/C8H5ClN2O3/c9-4-5-1-2-6-7(3-5)14-8(10-6)11(12)13/h1-3H,4H2. The molecule has 0 aliphatic rings. The molecular weight excluding hydrogens is 208 g/mol. The van der Waals surface area contributed by atoms with E-state index in [0.29, 0.717) is 17.0 Å². The van der Waals surface area contributed by atoms with Gasteiger partial charge in [-0.2, -0.15) is 0 Å². The van der Waals surface area contributed by atoms with E-state index >= 15 is 0 Å². The van der Waals surface area contributed by atoms with Gasteiger partial charge in [0.05, 0.1) is 0 Å². The summed E-state index contributed by atoms with van der Waals surface area (Å²) in [7, 11) is 0. The van der Waals surface area contributed by atoms with E-state index < -0.39 is 10.9 Å². The number of hydrogen-bond donors (Lipinski definition) is 0. The fourth-order valence-corrected chi connectivity index (χ4v) is 1.28. The van der Waals surface area contributed by atoms with Crippen LogP contribution in [0, 0.1) is 10.1 Å². The Morgan fingerprint density at radius 1 is 1.57 bits per heavy atom. The number of aromatic nitrogens is 1. The Morgan fingerprint density at radius 2 is 2.36 bits per heavy atom. The molecule has 0 radical (unpaired) electrons. The Kier molecular flexibility index (Phi) is 2.09. The third-order valence-corrected chi connectivity index (χ3v) is 2.06. The van der Waals surface area contributed by atoms with Crippen LogP contribution in [-0.2, 0) is 5.88 Å². The highest BCUT2D eigenvalue weighted by Crippen LogP contribution is 2.21. The van der Waals surface area contributed by atoms with Crippen LogP contribution < -0.4 is 0 Å². The first-order chi connectivity index (χ1) is 6.70. The lowest BCUT2D eigenvalue weighted by Gasteiger charge is -1.89. The first kappa shape index (κ1) is 8.96. The zero-order chi connectivity index (χ0) is 10.1. The minimum absolute atomic E-state index is 0.338. The van der Waals surface area contributed by atoms with Crippen LogP contribution in [0.3, 0.4) is 0 Å². The maximum absolute atomic E-state index is 10.3. The largest absolute Gasteiger partial charge is 0.546 e. The lowest BCUT2D eigenvalue weighted by molar-refractivity contribution is -0.406. The fraction of sp³-hybridized carbons (Fsp3) is 0.125. The third-order valence-electron chi connectivity index (χ3n) is 1.75. The van der Waals surface area contributed by atoms with E-state index in [9.17, 15) is 10.1 Å². The van der Waals surface area contributed by atoms with Gasteiger partial charge in [0, 0.05) is 15.8 Å². The Hall–Kier alpha value is -1.62. The lowest BCUT2D eigenvalue weighted by atomic mass is 10.2. The number of nitrogens with zero attached hydrogens (tertiary/aromatic N) is 2. The summed E-state index contributed by atoms with van der Waals surface area (Å²) in [4.78, 5) is 13.4. The summed E-state index contributed by atoms with van der Waals surface area (Å²) in [6.07, 6.45) is 0. The molecule has 14 heavy (non-hydrogen) atoms. The number of benzene rings is 1. The van der Waals surface area contributed by atoms with Gasteiger partial charge in [-0.3, -0.25) is 0 Å². The van der Waals surface area contributed by atoms with E-state index in [1.165, 1.54) is 0 Å². The van der Waals surface area contributed by atoms with Crippen molar-refractivity contribution in [3.05, 3.63) is 33.9 Å². The lowest BCUT2D eigenvalue weighted by Crippen LogP contribution is -1.85. The Labute approximate surface area is 83.4 Å². The second-order valence-electron chi connectivity index (χ2n) is 2.69. The molecule has 72 valence electrons. The molecule has 0 fully saturated rings. The molecular formula is C8H5ClN2O3. The van der Waals surface area contributed by atoms with Crippen molar-refractivity contribution in [2.24, 2.45) is 0 Å².